The number of H-pyrrole nitrogens is 1. The monoisotopic (exact) mass is 233 g/mol. The Kier molecular flexibility index (Phi) is 2.51. The number of fused-ring (bicyclic) bond motifs is 1. The minimum Gasteiger partial charge on any atom is -0.507 e. The van der Waals surface area contributed by atoms with E-state index in [1.807, 2.05) is 36.4 Å². The predicted octanol–water partition coefficient (Wildman–Crippen LogP) is 3.27. The summed E-state index contributed by atoms with van der Waals surface area (Å²) in [7, 11) is 0. The Morgan fingerprint density at radius 3 is 2.50 bits per heavy atom. The number of hydrogen-bond donors (Lipinski definition) is 2. The van der Waals surface area contributed by atoms with Gasteiger partial charge in [-0.15, -0.1) is 0 Å². The van der Waals surface area contributed by atoms with Crippen molar-refractivity contribution in [2.75, 3.05) is 0 Å². The molecule has 18 heavy (non-hydrogen) atoms. The topological polar surface area (TPSA) is 36.0 Å². The molecule has 0 saturated carbocycles. The number of nitrogens with one attached hydrogen (secondary N) is 1. The van der Waals surface area contributed by atoms with Crippen molar-refractivity contribution in [2.24, 2.45) is 0 Å². The van der Waals surface area contributed by atoms with Gasteiger partial charge in [0.05, 0.1) is 11.3 Å². The number of aromatic hydroxyl groups is 1. The Hall–Kier alpha value is -2.66. The molecule has 2 N–H and O–H groups in total. The van der Waals surface area contributed by atoms with Crippen LogP contribution in [0.2, 0.25) is 0 Å². The molecule has 0 amide bonds. The third-order valence-electron chi connectivity index (χ3n) is 2.77. The number of phenols is 1. The van der Waals surface area contributed by atoms with Crippen LogP contribution in [0.4, 0.5) is 0 Å². The molecule has 86 valence electrons. The van der Waals surface area contributed by atoms with Crippen LogP contribution in [0.1, 0.15) is 11.3 Å². The molecular weight excluding hydrogens is 222 g/mol. The van der Waals surface area contributed by atoms with E-state index in [-0.39, 0.29) is 5.75 Å². The second-order valence-electron chi connectivity index (χ2n) is 4.04. The maximum Gasteiger partial charge on any atom is 0.131 e. The number of rotatable bonds is 0. The first-order valence-electron chi connectivity index (χ1n) is 5.71. The van der Waals surface area contributed by atoms with E-state index < -0.39 is 0 Å². The van der Waals surface area contributed by atoms with Crippen molar-refractivity contribution < 1.29 is 5.11 Å². The number of para-hydroxylation sites is 2. The summed E-state index contributed by atoms with van der Waals surface area (Å²) in [5.41, 5.74) is 2.55. The summed E-state index contributed by atoms with van der Waals surface area (Å²) < 4.78 is 0. The van der Waals surface area contributed by atoms with Crippen LogP contribution in [0.3, 0.4) is 0 Å². The van der Waals surface area contributed by atoms with Gasteiger partial charge >= 0.3 is 0 Å². The Balaban J connectivity index is 2.00. The van der Waals surface area contributed by atoms with E-state index in [1.54, 1.807) is 18.2 Å². The van der Waals surface area contributed by atoms with Gasteiger partial charge in [-0.25, -0.2) is 0 Å². The number of aromatic amines is 1. The zero-order valence-electron chi connectivity index (χ0n) is 9.64. The first-order valence-corrected chi connectivity index (χ1v) is 5.71. The molecule has 0 fully saturated rings. The zero-order chi connectivity index (χ0) is 12.4. The molecule has 2 heteroatoms. The maximum atomic E-state index is 9.62. The lowest BCUT2D eigenvalue weighted by atomic mass is 10.2. The van der Waals surface area contributed by atoms with Crippen LogP contribution < -0.4 is 0 Å². The highest BCUT2D eigenvalue weighted by Crippen LogP contribution is 2.16. The van der Waals surface area contributed by atoms with Crippen LogP contribution in [0.25, 0.3) is 10.9 Å². The molecule has 2 nitrogen and oxygen atoms in total. The fraction of sp³-hybridized carbons (Fsp3) is 0. The average Bonchev–Trinajstić information content (AvgIpc) is 2.80. The summed E-state index contributed by atoms with van der Waals surface area (Å²) in [4.78, 5) is 3.23. The molecule has 3 rings (SSSR count). The Labute approximate surface area is 105 Å². The molecule has 0 saturated heterocycles. The lowest BCUT2D eigenvalue weighted by molar-refractivity contribution is 0.473. The van der Waals surface area contributed by atoms with E-state index in [9.17, 15) is 5.11 Å². The molecule has 1 aromatic heterocycles. The summed E-state index contributed by atoms with van der Waals surface area (Å²) in [6.07, 6.45) is 0. The average molecular weight is 233 g/mol. The van der Waals surface area contributed by atoms with Crippen LogP contribution in [-0.4, -0.2) is 10.1 Å². The summed E-state index contributed by atoms with van der Waals surface area (Å²) in [6.45, 7) is 0. The lowest BCUT2D eigenvalue weighted by Gasteiger charge is -1.93. The van der Waals surface area contributed by atoms with Gasteiger partial charge in [-0.2, -0.15) is 0 Å². The molecule has 0 aliphatic rings. The highest BCUT2D eigenvalue weighted by Gasteiger charge is 1.97. The minimum atomic E-state index is 0.209. The normalized spacial score (nSPS) is 10.0. The molecule has 3 aromatic rings. The van der Waals surface area contributed by atoms with Gasteiger partial charge in [-0.3, -0.25) is 0 Å². The first kappa shape index (κ1) is 10.5. The molecule has 1 heterocycles. The number of aromatic nitrogens is 1. The number of phenolic OH excluding ortho intramolecular Hbond substituents is 1. The van der Waals surface area contributed by atoms with Gasteiger partial charge in [0, 0.05) is 10.9 Å². The summed E-state index contributed by atoms with van der Waals surface area (Å²) in [5, 5.41) is 10.8. The van der Waals surface area contributed by atoms with Crippen molar-refractivity contribution in [1.29, 1.82) is 0 Å². The minimum absolute atomic E-state index is 0.209. The Morgan fingerprint density at radius 1 is 0.889 bits per heavy atom. The van der Waals surface area contributed by atoms with E-state index in [0.717, 1.165) is 16.6 Å². The van der Waals surface area contributed by atoms with Gasteiger partial charge in [0.25, 0.3) is 0 Å². The van der Waals surface area contributed by atoms with E-state index in [1.165, 1.54) is 0 Å². The lowest BCUT2D eigenvalue weighted by Crippen LogP contribution is -1.76. The SMILES string of the molecule is Oc1ccccc1C#Cc1cc2ccccc2[nH]1. The second-order valence-corrected chi connectivity index (χ2v) is 4.04. The third-order valence-corrected chi connectivity index (χ3v) is 2.77. The van der Waals surface area contributed by atoms with Crippen molar-refractivity contribution in [1.82, 2.24) is 4.98 Å². The molecule has 0 radical (unpaired) electrons. The summed E-state index contributed by atoms with van der Waals surface area (Å²) in [5.74, 6) is 6.19. The van der Waals surface area contributed by atoms with Crippen LogP contribution in [-0.2, 0) is 0 Å². The smallest absolute Gasteiger partial charge is 0.131 e. The molecule has 0 bridgehead atoms. The molecule has 0 aliphatic heterocycles. The maximum absolute atomic E-state index is 9.62. The molecular formula is C16H11NO. The van der Waals surface area contributed by atoms with Crippen molar-refractivity contribution in [3.63, 3.8) is 0 Å². The molecule has 0 spiro atoms. The first-order chi connectivity index (χ1) is 8.83. The van der Waals surface area contributed by atoms with E-state index in [0.29, 0.717) is 5.56 Å². The fourth-order valence-corrected chi connectivity index (χ4v) is 1.85. The highest BCUT2D eigenvalue weighted by atomic mass is 16.3. The highest BCUT2D eigenvalue weighted by molar-refractivity contribution is 5.81. The third kappa shape index (κ3) is 1.94. The van der Waals surface area contributed by atoms with Crippen molar-refractivity contribution >= 4 is 10.9 Å². The van der Waals surface area contributed by atoms with Crippen LogP contribution in [0.15, 0.2) is 54.6 Å². The van der Waals surface area contributed by atoms with Crippen molar-refractivity contribution in [3.05, 3.63) is 65.9 Å². The van der Waals surface area contributed by atoms with Gasteiger partial charge in [-0.05, 0) is 30.2 Å². The summed E-state index contributed by atoms with van der Waals surface area (Å²) >= 11 is 0. The molecule has 2 aromatic carbocycles. The van der Waals surface area contributed by atoms with Gasteiger partial charge in [0.2, 0.25) is 0 Å². The summed E-state index contributed by atoms with van der Waals surface area (Å²) in [6, 6.07) is 17.1. The largest absolute Gasteiger partial charge is 0.507 e. The quantitative estimate of drug-likeness (QED) is 0.574. The van der Waals surface area contributed by atoms with Gasteiger partial charge in [0.1, 0.15) is 5.75 Å². The molecule has 0 unspecified atom stereocenters. The van der Waals surface area contributed by atoms with E-state index >= 15 is 0 Å². The fourth-order valence-electron chi connectivity index (χ4n) is 1.85. The predicted molar refractivity (Wildman–Crippen MR) is 72.4 cm³/mol. The zero-order valence-corrected chi connectivity index (χ0v) is 9.64. The second kappa shape index (κ2) is 4.31. The van der Waals surface area contributed by atoms with Crippen LogP contribution in [0, 0.1) is 11.8 Å². The van der Waals surface area contributed by atoms with E-state index in [2.05, 4.69) is 16.8 Å². The van der Waals surface area contributed by atoms with Gasteiger partial charge in [-0.1, -0.05) is 36.3 Å². The Bertz CT molecular complexity index is 726. The number of benzene rings is 2. The molecule has 0 atom stereocenters. The standard InChI is InChI=1S/C16H11NO/c18-16-8-4-2-5-12(16)9-10-14-11-13-6-1-3-7-15(13)17-14/h1-8,11,17-18H. The number of hydrogen-bond acceptors (Lipinski definition) is 1. The van der Waals surface area contributed by atoms with Gasteiger partial charge in [0.15, 0.2) is 0 Å². The van der Waals surface area contributed by atoms with Crippen LogP contribution >= 0.6 is 0 Å². The van der Waals surface area contributed by atoms with E-state index in [4.69, 9.17) is 0 Å². The van der Waals surface area contributed by atoms with Crippen LogP contribution in [0.5, 0.6) is 5.75 Å². The van der Waals surface area contributed by atoms with Crippen molar-refractivity contribution in [3.8, 4) is 17.6 Å². The van der Waals surface area contributed by atoms with Crippen molar-refractivity contribution in [2.45, 2.75) is 0 Å². The molecule has 0 aliphatic carbocycles. The van der Waals surface area contributed by atoms with Gasteiger partial charge < -0.3 is 10.1 Å². The Morgan fingerprint density at radius 2 is 1.67 bits per heavy atom.